The van der Waals surface area contributed by atoms with Gasteiger partial charge < -0.3 is 10.2 Å². The summed E-state index contributed by atoms with van der Waals surface area (Å²) < 4.78 is 0. The molecular weight excluding hydrogens is 232 g/mol. The average molecular weight is 258 g/mol. The summed E-state index contributed by atoms with van der Waals surface area (Å²) in [7, 11) is 2.25. The molecule has 2 fully saturated rings. The first-order valence-electron chi connectivity index (χ1n) is 7.78. The predicted octanol–water partition coefficient (Wildman–Crippen LogP) is 3.04. The van der Waals surface area contributed by atoms with E-state index in [0.29, 0.717) is 0 Å². The molecule has 1 aromatic carbocycles. The van der Waals surface area contributed by atoms with E-state index >= 15 is 0 Å². The Morgan fingerprint density at radius 3 is 2.47 bits per heavy atom. The number of fused-ring (bicyclic) bond motifs is 2. The van der Waals surface area contributed by atoms with Crippen LogP contribution in [0.5, 0.6) is 0 Å². The van der Waals surface area contributed by atoms with Crippen molar-refractivity contribution in [3.63, 3.8) is 0 Å². The van der Waals surface area contributed by atoms with E-state index in [0.717, 1.165) is 24.5 Å². The second kappa shape index (κ2) is 6.06. The zero-order valence-electron chi connectivity index (χ0n) is 12.0. The highest BCUT2D eigenvalue weighted by molar-refractivity contribution is 5.14. The molecular formula is C17H26N2. The third kappa shape index (κ3) is 3.58. The van der Waals surface area contributed by atoms with Gasteiger partial charge in [-0.2, -0.15) is 0 Å². The van der Waals surface area contributed by atoms with Crippen LogP contribution in [0.3, 0.4) is 0 Å². The van der Waals surface area contributed by atoms with Crippen molar-refractivity contribution < 1.29 is 0 Å². The summed E-state index contributed by atoms with van der Waals surface area (Å²) in [5.74, 6) is 0.956. The standard InChI is InChI=1S/C17H26N2/c1-19(13-14-5-3-2-4-6-14)10-9-15-11-16-7-8-17(12-15)18-16/h2-6,15-18H,7-13H2,1H3. The van der Waals surface area contributed by atoms with Crippen molar-refractivity contribution in [3.8, 4) is 0 Å². The summed E-state index contributed by atoms with van der Waals surface area (Å²) >= 11 is 0. The molecule has 19 heavy (non-hydrogen) atoms. The molecule has 0 aromatic heterocycles. The van der Waals surface area contributed by atoms with E-state index in [2.05, 4.69) is 47.6 Å². The molecule has 2 unspecified atom stereocenters. The van der Waals surface area contributed by atoms with Gasteiger partial charge in [0.2, 0.25) is 0 Å². The molecule has 1 N–H and O–H groups in total. The highest BCUT2D eigenvalue weighted by Gasteiger charge is 2.32. The maximum Gasteiger partial charge on any atom is 0.0230 e. The van der Waals surface area contributed by atoms with Crippen molar-refractivity contribution in [3.05, 3.63) is 35.9 Å². The maximum absolute atomic E-state index is 3.73. The molecule has 104 valence electrons. The van der Waals surface area contributed by atoms with Gasteiger partial charge in [-0.25, -0.2) is 0 Å². The fourth-order valence-corrected chi connectivity index (χ4v) is 3.79. The predicted molar refractivity (Wildman–Crippen MR) is 80.1 cm³/mol. The molecule has 2 saturated heterocycles. The Kier molecular flexibility index (Phi) is 4.19. The molecule has 0 amide bonds. The van der Waals surface area contributed by atoms with Gasteiger partial charge in [0.25, 0.3) is 0 Å². The number of hydrogen-bond acceptors (Lipinski definition) is 2. The fraction of sp³-hybridized carbons (Fsp3) is 0.647. The largest absolute Gasteiger partial charge is 0.311 e. The molecule has 0 aliphatic carbocycles. The third-order valence-corrected chi connectivity index (χ3v) is 4.79. The number of piperidine rings is 1. The smallest absolute Gasteiger partial charge is 0.0230 e. The van der Waals surface area contributed by atoms with Gasteiger partial charge in [-0.1, -0.05) is 30.3 Å². The van der Waals surface area contributed by atoms with Crippen LogP contribution in [-0.4, -0.2) is 30.6 Å². The Labute approximate surface area is 117 Å². The van der Waals surface area contributed by atoms with Crippen LogP contribution in [0, 0.1) is 5.92 Å². The fourth-order valence-electron chi connectivity index (χ4n) is 3.79. The molecule has 2 heterocycles. The third-order valence-electron chi connectivity index (χ3n) is 4.79. The molecule has 2 bridgehead atoms. The van der Waals surface area contributed by atoms with Crippen LogP contribution in [0.2, 0.25) is 0 Å². The van der Waals surface area contributed by atoms with Crippen LogP contribution in [0.25, 0.3) is 0 Å². The van der Waals surface area contributed by atoms with Gasteiger partial charge in [-0.3, -0.25) is 0 Å². The van der Waals surface area contributed by atoms with Crippen LogP contribution < -0.4 is 5.32 Å². The number of hydrogen-bond donors (Lipinski definition) is 1. The van der Waals surface area contributed by atoms with Crippen molar-refractivity contribution in [1.29, 1.82) is 0 Å². The molecule has 2 nitrogen and oxygen atoms in total. The summed E-state index contributed by atoms with van der Waals surface area (Å²) in [6.45, 7) is 2.32. The molecule has 2 aliphatic heterocycles. The Morgan fingerprint density at radius 1 is 1.11 bits per heavy atom. The summed E-state index contributed by atoms with van der Waals surface area (Å²) in [5, 5.41) is 3.73. The zero-order chi connectivity index (χ0) is 13.1. The van der Waals surface area contributed by atoms with Crippen molar-refractivity contribution >= 4 is 0 Å². The van der Waals surface area contributed by atoms with E-state index in [1.54, 1.807) is 0 Å². The van der Waals surface area contributed by atoms with E-state index in [9.17, 15) is 0 Å². The molecule has 2 aliphatic rings. The second-order valence-electron chi connectivity index (χ2n) is 6.49. The quantitative estimate of drug-likeness (QED) is 0.873. The number of nitrogens with zero attached hydrogens (tertiary/aromatic N) is 1. The molecule has 1 aromatic rings. The van der Waals surface area contributed by atoms with Crippen LogP contribution in [0.4, 0.5) is 0 Å². The van der Waals surface area contributed by atoms with Crippen LogP contribution in [0.1, 0.15) is 37.7 Å². The van der Waals surface area contributed by atoms with E-state index in [1.165, 1.54) is 44.2 Å². The van der Waals surface area contributed by atoms with Crippen LogP contribution >= 0.6 is 0 Å². The van der Waals surface area contributed by atoms with Crippen molar-refractivity contribution in [2.75, 3.05) is 13.6 Å². The van der Waals surface area contributed by atoms with E-state index in [-0.39, 0.29) is 0 Å². The Bertz CT molecular complexity index is 378. The Balaban J connectivity index is 1.42. The highest BCUT2D eigenvalue weighted by Crippen LogP contribution is 2.32. The minimum absolute atomic E-state index is 0.836. The van der Waals surface area contributed by atoms with Gasteiger partial charge >= 0.3 is 0 Å². The maximum atomic E-state index is 3.73. The topological polar surface area (TPSA) is 15.3 Å². The summed E-state index contributed by atoms with van der Waals surface area (Å²) in [6, 6.07) is 12.5. The van der Waals surface area contributed by atoms with Gasteiger partial charge in [0, 0.05) is 18.6 Å². The van der Waals surface area contributed by atoms with E-state index < -0.39 is 0 Å². The highest BCUT2D eigenvalue weighted by atomic mass is 15.1. The first kappa shape index (κ1) is 13.1. The minimum Gasteiger partial charge on any atom is -0.311 e. The monoisotopic (exact) mass is 258 g/mol. The Morgan fingerprint density at radius 2 is 1.79 bits per heavy atom. The number of rotatable bonds is 5. The minimum atomic E-state index is 0.836. The molecule has 2 atom stereocenters. The van der Waals surface area contributed by atoms with Crippen LogP contribution in [-0.2, 0) is 6.54 Å². The van der Waals surface area contributed by atoms with Crippen molar-refractivity contribution in [2.24, 2.45) is 5.92 Å². The van der Waals surface area contributed by atoms with Gasteiger partial charge in [0.05, 0.1) is 0 Å². The number of nitrogens with one attached hydrogen (secondary N) is 1. The second-order valence-corrected chi connectivity index (χ2v) is 6.49. The van der Waals surface area contributed by atoms with Gasteiger partial charge in [0.1, 0.15) is 0 Å². The van der Waals surface area contributed by atoms with Crippen molar-refractivity contribution in [1.82, 2.24) is 10.2 Å². The number of benzene rings is 1. The van der Waals surface area contributed by atoms with Gasteiger partial charge in [0.15, 0.2) is 0 Å². The lowest BCUT2D eigenvalue weighted by Gasteiger charge is -2.30. The first-order chi connectivity index (χ1) is 9.29. The lowest BCUT2D eigenvalue weighted by atomic mass is 9.89. The Hall–Kier alpha value is -0.860. The van der Waals surface area contributed by atoms with Crippen molar-refractivity contribution in [2.45, 2.75) is 50.7 Å². The van der Waals surface area contributed by atoms with E-state index in [4.69, 9.17) is 0 Å². The molecule has 3 rings (SSSR count). The lowest BCUT2D eigenvalue weighted by Crippen LogP contribution is -2.38. The summed E-state index contributed by atoms with van der Waals surface area (Å²) in [6.07, 6.45) is 7.03. The van der Waals surface area contributed by atoms with Crippen LogP contribution in [0.15, 0.2) is 30.3 Å². The molecule has 0 radical (unpaired) electrons. The first-order valence-corrected chi connectivity index (χ1v) is 7.78. The SMILES string of the molecule is CN(CCC1CC2CCC(C1)N2)Cc1ccccc1. The molecule has 0 saturated carbocycles. The van der Waals surface area contributed by atoms with Gasteiger partial charge in [-0.05, 0) is 57.2 Å². The van der Waals surface area contributed by atoms with Gasteiger partial charge in [-0.15, -0.1) is 0 Å². The van der Waals surface area contributed by atoms with E-state index in [1.807, 2.05) is 0 Å². The zero-order valence-corrected chi connectivity index (χ0v) is 12.0. The molecule has 0 spiro atoms. The summed E-state index contributed by atoms with van der Waals surface area (Å²) in [5.41, 5.74) is 1.43. The lowest BCUT2D eigenvalue weighted by molar-refractivity contribution is 0.238. The summed E-state index contributed by atoms with van der Waals surface area (Å²) in [4.78, 5) is 2.47. The normalized spacial score (nSPS) is 29.9. The molecule has 2 heteroatoms. The average Bonchev–Trinajstić information content (AvgIpc) is 2.77.